The van der Waals surface area contributed by atoms with E-state index in [1.54, 1.807) is 6.08 Å². The van der Waals surface area contributed by atoms with Crippen LogP contribution in [-0.4, -0.2) is 87.5 Å². The Morgan fingerprint density at radius 2 is 0.641 bits per heavy atom. The Kier molecular flexibility index (Phi) is 68.9. The van der Waals surface area contributed by atoms with E-state index in [9.17, 15) is 30.3 Å². The van der Waals surface area contributed by atoms with Crippen LogP contribution in [0.15, 0.2) is 48.6 Å². The smallest absolute Gasteiger partial charge is 0.220 e. The third kappa shape index (κ3) is 59.4. The summed E-state index contributed by atoms with van der Waals surface area (Å²) in [5.41, 5.74) is 0. The molecule has 1 aliphatic rings. The van der Waals surface area contributed by atoms with Crippen molar-refractivity contribution in [3.8, 4) is 0 Å². The molecule has 542 valence electrons. The molecule has 0 aliphatic carbocycles. The van der Waals surface area contributed by atoms with Gasteiger partial charge < -0.3 is 40.3 Å². The molecule has 0 aromatic carbocycles. The summed E-state index contributed by atoms with van der Waals surface area (Å²) >= 11 is 0. The Balaban J connectivity index is 2.06. The van der Waals surface area contributed by atoms with Crippen molar-refractivity contribution in [3.05, 3.63) is 48.6 Å². The molecule has 0 saturated carbocycles. The number of amides is 1. The molecule has 92 heavy (non-hydrogen) atoms. The lowest BCUT2D eigenvalue weighted by atomic mass is 9.99. The quantitative estimate of drug-likeness (QED) is 0.0261. The predicted octanol–water partition coefficient (Wildman–Crippen LogP) is 23.5. The molecule has 1 rings (SSSR count). The standard InChI is InChI=1S/C83H157NO8/c1-3-5-7-9-11-13-15-17-19-21-23-25-27-29-31-33-35-37-38-39-40-41-43-45-47-49-51-53-55-57-59-61-63-65-67-69-71-73-79(87)84-76(75-91-83-82(90)81(89)80(88)78(74-85)92-83)77(86)72-70-68-66-64-62-60-58-56-54-52-50-48-46-44-42-36-34-32-30-28-26-24-22-20-18-16-14-12-10-8-6-4-2/h15,17,21,23,27,29,70,72,76-78,80-83,85-86,88-90H,3-14,16,18-20,22,24-26,28,30-69,71,73-75H2,1-2H3,(H,84,87)/b17-15-,23-21-,29-27-,72-70+. The first-order valence-corrected chi connectivity index (χ1v) is 40.9. The van der Waals surface area contributed by atoms with Crippen molar-refractivity contribution in [2.75, 3.05) is 13.2 Å². The van der Waals surface area contributed by atoms with Gasteiger partial charge in [0.2, 0.25) is 5.91 Å². The van der Waals surface area contributed by atoms with Crippen molar-refractivity contribution >= 4 is 5.91 Å². The minimum atomic E-state index is -1.57. The summed E-state index contributed by atoms with van der Waals surface area (Å²) in [6.45, 7) is 3.83. The van der Waals surface area contributed by atoms with Gasteiger partial charge in [0.15, 0.2) is 6.29 Å². The molecule has 1 fully saturated rings. The fourth-order valence-corrected chi connectivity index (χ4v) is 13.3. The number of nitrogens with one attached hydrogen (secondary N) is 1. The third-order valence-corrected chi connectivity index (χ3v) is 19.6. The van der Waals surface area contributed by atoms with Gasteiger partial charge >= 0.3 is 0 Å². The summed E-state index contributed by atoms with van der Waals surface area (Å²) in [6, 6.07) is -0.806. The van der Waals surface area contributed by atoms with Gasteiger partial charge in [-0.3, -0.25) is 4.79 Å². The molecule has 6 N–H and O–H groups in total. The van der Waals surface area contributed by atoms with E-state index in [1.165, 1.54) is 347 Å². The molecule has 9 nitrogen and oxygen atoms in total. The van der Waals surface area contributed by atoms with E-state index in [4.69, 9.17) is 9.47 Å². The Bertz CT molecular complexity index is 1600. The summed E-state index contributed by atoms with van der Waals surface area (Å²) in [5, 5.41) is 54.9. The largest absolute Gasteiger partial charge is 0.394 e. The van der Waals surface area contributed by atoms with E-state index in [2.05, 4.69) is 55.6 Å². The zero-order chi connectivity index (χ0) is 66.4. The average Bonchev–Trinajstić information content (AvgIpc) is 1.00. The lowest BCUT2D eigenvalue weighted by Crippen LogP contribution is -2.60. The summed E-state index contributed by atoms with van der Waals surface area (Å²) < 4.78 is 11.4. The molecule has 0 radical (unpaired) electrons. The van der Waals surface area contributed by atoms with Crippen LogP contribution in [0, 0.1) is 0 Å². The van der Waals surface area contributed by atoms with Crippen molar-refractivity contribution in [1.29, 1.82) is 0 Å². The lowest BCUT2D eigenvalue weighted by Gasteiger charge is -2.40. The molecule has 1 aliphatic heterocycles. The highest BCUT2D eigenvalue weighted by Gasteiger charge is 2.44. The zero-order valence-corrected chi connectivity index (χ0v) is 61.1. The number of aliphatic hydroxyl groups is 5. The normalized spacial score (nSPS) is 17.8. The summed E-state index contributed by atoms with van der Waals surface area (Å²) in [4.78, 5) is 13.2. The molecule has 7 unspecified atom stereocenters. The van der Waals surface area contributed by atoms with E-state index >= 15 is 0 Å². The summed E-state index contributed by atoms with van der Waals surface area (Å²) in [5.74, 6) is -0.168. The van der Waals surface area contributed by atoms with E-state index < -0.39 is 49.5 Å². The number of unbranched alkanes of at least 4 members (excludes halogenated alkanes) is 57. The van der Waals surface area contributed by atoms with Gasteiger partial charge in [0, 0.05) is 6.42 Å². The predicted molar refractivity (Wildman–Crippen MR) is 396 cm³/mol. The number of ether oxygens (including phenoxy) is 2. The first kappa shape index (κ1) is 88.2. The number of aliphatic hydroxyl groups excluding tert-OH is 5. The van der Waals surface area contributed by atoms with Crippen LogP contribution >= 0.6 is 0 Å². The highest BCUT2D eigenvalue weighted by atomic mass is 16.7. The molecule has 1 heterocycles. The summed E-state index contributed by atoms with van der Waals surface area (Å²) in [6.07, 6.45) is 92.7. The molecule has 0 spiro atoms. The van der Waals surface area contributed by atoms with Crippen LogP contribution in [0.4, 0.5) is 0 Å². The second-order valence-electron chi connectivity index (χ2n) is 28.6. The maximum absolute atomic E-state index is 13.2. The number of rotatable bonds is 73. The van der Waals surface area contributed by atoms with Crippen LogP contribution in [0.2, 0.25) is 0 Å². The second kappa shape index (κ2) is 71.9. The lowest BCUT2D eigenvalue weighted by molar-refractivity contribution is -0.302. The van der Waals surface area contributed by atoms with Crippen LogP contribution in [-0.2, 0) is 14.3 Å². The highest BCUT2D eigenvalue weighted by molar-refractivity contribution is 5.76. The van der Waals surface area contributed by atoms with E-state index in [1.807, 2.05) is 6.08 Å². The number of carbonyl (C=O) groups excluding carboxylic acids is 1. The van der Waals surface area contributed by atoms with E-state index in [-0.39, 0.29) is 12.5 Å². The van der Waals surface area contributed by atoms with Gasteiger partial charge in [-0.1, -0.05) is 403 Å². The average molecular weight is 1300 g/mol. The van der Waals surface area contributed by atoms with Gasteiger partial charge in [0.05, 0.1) is 25.4 Å². The molecule has 9 heteroatoms. The van der Waals surface area contributed by atoms with Crippen molar-refractivity contribution < 1.29 is 39.8 Å². The molecule has 0 aromatic heterocycles. The molecule has 7 atom stereocenters. The Morgan fingerprint density at radius 1 is 0.370 bits per heavy atom. The third-order valence-electron chi connectivity index (χ3n) is 19.6. The van der Waals surface area contributed by atoms with Crippen molar-refractivity contribution in [1.82, 2.24) is 5.32 Å². The maximum Gasteiger partial charge on any atom is 0.220 e. The molecule has 0 bridgehead atoms. The minimum absolute atomic E-state index is 0.168. The van der Waals surface area contributed by atoms with E-state index in [0.717, 1.165) is 51.4 Å². The first-order chi connectivity index (χ1) is 45.3. The van der Waals surface area contributed by atoms with Gasteiger partial charge in [0.1, 0.15) is 24.4 Å². The van der Waals surface area contributed by atoms with Crippen molar-refractivity contribution in [2.24, 2.45) is 0 Å². The van der Waals surface area contributed by atoms with Gasteiger partial charge in [-0.2, -0.15) is 0 Å². The molecule has 0 aromatic rings. The molecule has 1 saturated heterocycles. The van der Waals surface area contributed by atoms with Crippen molar-refractivity contribution in [2.45, 2.75) is 461 Å². The molecular weight excluding hydrogens is 1140 g/mol. The van der Waals surface area contributed by atoms with Gasteiger partial charge in [-0.05, 0) is 57.8 Å². The number of allylic oxidation sites excluding steroid dienone is 7. The van der Waals surface area contributed by atoms with Gasteiger partial charge in [0.25, 0.3) is 0 Å². The van der Waals surface area contributed by atoms with Crippen LogP contribution < -0.4 is 5.32 Å². The van der Waals surface area contributed by atoms with Gasteiger partial charge in [-0.25, -0.2) is 0 Å². The first-order valence-electron chi connectivity index (χ1n) is 40.9. The van der Waals surface area contributed by atoms with Crippen LogP contribution in [0.1, 0.15) is 418 Å². The Hall–Kier alpha value is -1.85. The minimum Gasteiger partial charge on any atom is -0.394 e. The zero-order valence-electron chi connectivity index (χ0n) is 61.1. The maximum atomic E-state index is 13.2. The van der Waals surface area contributed by atoms with Crippen LogP contribution in [0.5, 0.6) is 0 Å². The number of carbonyl (C=O) groups is 1. The number of hydrogen-bond donors (Lipinski definition) is 6. The van der Waals surface area contributed by atoms with E-state index in [0.29, 0.717) is 6.42 Å². The fraction of sp³-hybridized carbons (Fsp3) is 0.892. The molecule has 1 amide bonds. The van der Waals surface area contributed by atoms with Crippen LogP contribution in [0.3, 0.4) is 0 Å². The Morgan fingerprint density at radius 3 is 0.946 bits per heavy atom. The van der Waals surface area contributed by atoms with Crippen molar-refractivity contribution in [3.63, 3.8) is 0 Å². The number of hydrogen-bond acceptors (Lipinski definition) is 8. The topological polar surface area (TPSA) is 149 Å². The Labute approximate surface area is 571 Å². The monoisotopic (exact) mass is 1300 g/mol. The van der Waals surface area contributed by atoms with Crippen LogP contribution in [0.25, 0.3) is 0 Å². The molecular formula is C83H157NO8. The fourth-order valence-electron chi connectivity index (χ4n) is 13.3. The highest BCUT2D eigenvalue weighted by Crippen LogP contribution is 2.24. The van der Waals surface area contributed by atoms with Gasteiger partial charge in [-0.15, -0.1) is 0 Å². The second-order valence-corrected chi connectivity index (χ2v) is 28.6. The summed E-state index contributed by atoms with van der Waals surface area (Å²) in [7, 11) is 0. The SMILES string of the molecule is CCCCCCC/C=C\C/C=C\C/C=C\CCCCCCCCCCCCCCCCCCCCCCCCC(=O)NC(COC1OC(CO)C(O)C(O)C1O)C(O)/C=C/CCCCCCCCCCCCCCCCCCCCCCCCCCCCCCCC.